The maximum Gasteiger partial charge on any atom is 0.294 e. The number of hydrogen-bond acceptors (Lipinski definition) is 3. The van der Waals surface area contributed by atoms with Crippen molar-refractivity contribution >= 4 is 10.1 Å². The lowest BCUT2D eigenvalue weighted by molar-refractivity contribution is 0.483. The van der Waals surface area contributed by atoms with Crippen molar-refractivity contribution in [2.75, 3.05) is 0 Å². The summed E-state index contributed by atoms with van der Waals surface area (Å²) in [5.41, 5.74) is 6.49. The fourth-order valence-electron chi connectivity index (χ4n) is 2.64. The summed E-state index contributed by atoms with van der Waals surface area (Å²) in [7, 11) is -4.06. The van der Waals surface area contributed by atoms with Gasteiger partial charge in [-0.25, -0.2) is 0 Å². The topological polar surface area (TPSA) is 80.4 Å². The molecule has 0 atom stereocenters. The normalized spacial score (nSPS) is 11.8. The zero-order valence-corrected chi connectivity index (χ0v) is 18.7. The van der Waals surface area contributed by atoms with Gasteiger partial charge in [0.25, 0.3) is 10.1 Å². The third-order valence-electron chi connectivity index (χ3n) is 4.04. The van der Waals surface area contributed by atoms with E-state index in [0.717, 1.165) is 18.4 Å². The van der Waals surface area contributed by atoms with Crippen molar-refractivity contribution in [2.24, 2.45) is 5.73 Å². The first kappa shape index (κ1) is 26.1. The Bertz CT molecular complexity index is 569. The molecule has 0 spiro atoms. The van der Waals surface area contributed by atoms with E-state index >= 15 is 0 Å². The first-order valence-electron chi connectivity index (χ1n) is 10.4. The standard InChI is InChI=1S/C18H30O3S.C4H11N/c1-2-3-4-5-6-7-8-9-10-11-12-17-13-15-18(16-14-17)22(19,20)21;1-4(2,3)5/h13-16H,2-12H2,1H3,(H,19,20,21);5H2,1-3H3. The fourth-order valence-corrected chi connectivity index (χ4v) is 3.12. The maximum atomic E-state index is 10.9. The molecule has 1 aromatic carbocycles. The number of aryl methyl sites for hydroxylation is 1. The van der Waals surface area contributed by atoms with Crippen molar-refractivity contribution in [3.63, 3.8) is 0 Å². The Kier molecular flexibility index (Phi) is 13.7. The van der Waals surface area contributed by atoms with Crippen LogP contribution in [0.5, 0.6) is 0 Å². The van der Waals surface area contributed by atoms with Crippen LogP contribution in [0.15, 0.2) is 29.2 Å². The molecule has 0 amide bonds. The van der Waals surface area contributed by atoms with Crippen LogP contribution in [0.1, 0.15) is 97.5 Å². The quantitative estimate of drug-likeness (QED) is 0.327. The number of hydrogen-bond donors (Lipinski definition) is 2. The smallest absolute Gasteiger partial charge is 0.294 e. The molecule has 0 bridgehead atoms. The predicted octanol–water partition coefficient (Wildman–Crippen LogP) is 6.14. The summed E-state index contributed by atoms with van der Waals surface area (Å²) in [5, 5.41) is 0. The molecule has 4 nitrogen and oxygen atoms in total. The summed E-state index contributed by atoms with van der Waals surface area (Å²) in [4.78, 5) is -0.0284. The molecule has 0 fully saturated rings. The summed E-state index contributed by atoms with van der Waals surface area (Å²) in [6.07, 6.45) is 14.1. The lowest BCUT2D eigenvalue weighted by atomic mass is 10.0. The molecule has 0 aliphatic heterocycles. The summed E-state index contributed by atoms with van der Waals surface area (Å²) in [5.74, 6) is 0. The largest absolute Gasteiger partial charge is 0.326 e. The SMILES string of the molecule is CC(C)(C)N.CCCCCCCCCCCCc1ccc(S(=O)(=O)O)cc1. The second-order valence-corrected chi connectivity index (χ2v) is 9.84. The van der Waals surface area contributed by atoms with Gasteiger partial charge in [0, 0.05) is 5.54 Å². The first-order chi connectivity index (χ1) is 12.5. The van der Waals surface area contributed by atoms with Gasteiger partial charge in [0.1, 0.15) is 0 Å². The summed E-state index contributed by atoms with van der Waals surface area (Å²) >= 11 is 0. The van der Waals surface area contributed by atoms with Crippen LogP contribution >= 0.6 is 0 Å². The number of nitrogens with two attached hydrogens (primary N) is 1. The van der Waals surface area contributed by atoms with Crippen LogP contribution in [0.3, 0.4) is 0 Å². The summed E-state index contributed by atoms with van der Waals surface area (Å²) < 4.78 is 30.8. The van der Waals surface area contributed by atoms with E-state index in [4.69, 9.17) is 10.3 Å². The van der Waals surface area contributed by atoms with Crippen molar-refractivity contribution < 1.29 is 13.0 Å². The van der Waals surface area contributed by atoms with E-state index in [1.165, 1.54) is 69.9 Å². The van der Waals surface area contributed by atoms with E-state index < -0.39 is 10.1 Å². The van der Waals surface area contributed by atoms with Gasteiger partial charge >= 0.3 is 0 Å². The summed E-state index contributed by atoms with van der Waals surface area (Å²) in [6.45, 7) is 8.14. The average Bonchev–Trinajstić information content (AvgIpc) is 2.55. The van der Waals surface area contributed by atoms with Gasteiger partial charge in [-0.15, -0.1) is 0 Å². The molecule has 0 saturated heterocycles. The number of benzene rings is 1. The average molecular weight is 400 g/mol. The van der Waals surface area contributed by atoms with Gasteiger partial charge in [0.15, 0.2) is 0 Å². The fraction of sp³-hybridized carbons (Fsp3) is 0.727. The predicted molar refractivity (Wildman–Crippen MR) is 116 cm³/mol. The molecule has 0 radical (unpaired) electrons. The van der Waals surface area contributed by atoms with Gasteiger partial charge in [-0.2, -0.15) is 8.42 Å². The molecular weight excluding hydrogens is 358 g/mol. The molecule has 0 unspecified atom stereocenters. The Balaban J connectivity index is 0.00000119. The lowest BCUT2D eigenvalue weighted by Crippen LogP contribution is -2.26. The third kappa shape index (κ3) is 18.2. The van der Waals surface area contributed by atoms with E-state index in [9.17, 15) is 8.42 Å². The molecule has 1 aromatic rings. The van der Waals surface area contributed by atoms with Crippen molar-refractivity contribution in [1.82, 2.24) is 0 Å². The monoisotopic (exact) mass is 399 g/mol. The minimum atomic E-state index is -4.06. The van der Waals surface area contributed by atoms with Crippen molar-refractivity contribution in [3.05, 3.63) is 29.8 Å². The minimum absolute atomic E-state index is 0. The van der Waals surface area contributed by atoms with E-state index in [2.05, 4.69) is 6.92 Å². The van der Waals surface area contributed by atoms with Crippen LogP contribution in [-0.2, 0) is 16.5 Å². The zero-order chi connectivity index (χ0) is 20.8. The highest BCUT2D eigenvalue weighted by molar-refractivity contribution is 7.85. The van der Waals surface area contributed by atoms with E-state index in [1.807, 2.05) is 20.8 Å². The Morgan fingerprint density at radius 2 is 1.19 bits per heavy atom. The molecule has 3 N–H and O–H groups in total. The molecule has 158 valence electrons. The second kappa shape index (κ2) is 14.1. The third-order valence-corrected chi connectivity index (χ3v) is 4.91. The van der Waals surface area contributed by atoms with Crippen LogP contribution in [0.25, 0.3) is 0 Å². The lowest BCUT2D eigenvalue weighted by Gasteiger charge is -2.06. The zero-order valence-electron chi connectivity index (χ0n) is 17.8. The van der Waals surface area contributed by atoms with Gasteiger partial charge < -0.3 is 5.73 Å². The van der Waals surface area contributed by atoms with Crippen molar-refractivity contribution in [2.45, 2.75) is 109 Å². The molecule has 0 heterocycles. The van der Waals surface area contributed by atoms with Crippen LogP contribution in [0, 0.1) is 0 Å². The molecule has 1 rings (SSSR count). The number of rotatable bonds is 12. The van der Waals surface area contributed by atoms with Crippen LogP contribution in [0.2, 0.25) is 0 Å². The molecule has 0 saturated carbocycles. The molecule has 0 aromatic heterocycles. The van der Waals surface area contributed by atoms with E-state index in [0.29, 0.717) is 0 Å². The number of unbranched alkanes of at least 4 members (excludes halogenated alkanes) is 9. The molecule has 5 heteroatoms. The Labute approximate surface area is 167 Å². The molecule has 27 heavy (non-hydrogen) atoms. The first-order valence-corrected chi connectivity index (χ1v) is 11.8. The van der Waals surface area contributed by atoms with Gasteiger partial charge in [-0.05, 0) is 51.3 Å². The van der Waals surface area contributed by atoms with Crippen LogP contribution in [0.4, 0.5) is 0 Å². The summed E-state index contributed by atoms with van der Waals surface area (Å²) in [6, 6.07) is 6.52. The van der Waals surface area contributed by atoms with Gasteiger partial charge in [0.2, 0.25) is 0 Å². The van der Waals surface area contributed by atoms with Crippen LogP contribution < -0.4 is 5.73 Å². The highest BCUT2D eigenvalue weighted by Crippen LogP contribution is 2.14. The molecular formula is C22H41NO3S. The second-order valence-electron chi connectivity index (χ2n) is 8.42. The van der Waals surface area contributed by atoms with Crippen molar-refractivity contribution in [3.8, 4) is 0 Å². The maximum absolute atomic E-state index is 10.9. The van der Waals surface area contributed by atoms with E-state index in [1.54, 1.807) is 12.1 Å². The molecule has 0 aliphatic carbocycles. The Hall–Kier alpha value is -0.910. The van der Waals surface area contributed by atoms with Crippen molar-refractivity contribution in [1.29, 1.82) is 0 Å². The highest BCUT2D eigenvalue weighted by Gasteiger charge is 2.08. The van der Waals surface area contributed by atoms with Crippen LogP contribution in [-0.4, -0.2) is 18.5 Å². The van der Waals surface area contributed by atoms with Gasteiger partial charge in [-0.1, -0.05) is 76.8 Å². The Morgan fingerprint density at radius 3 is 1.56 bits per heavy atom. The van der Waals surface area contributed by atoms with Gasteiger partial charge in [0.05, 0.1) is 4.90 Å². The van der Waals surface area contributed by atoms with Gasteiger partial charge in [-0.3, -0.25) is 4.55 Å². The highest BCUT2D eigenvalue weighted by atomic mass is 32.2. The minimum Gasteiger partial charge on any atom is -0.326 e. The van der Waals surface area contributed by atoms with E-state index in [-0.39, 0.29) is 10.4 Å². The Morgan fingerprint density at radius 1 is 0.815 bits per heavy atom. The molecule has 0 aliphatic rings.